The highest BCUT2D eigenvalue weighted by Gasteiger charge is 2.25. The number of halogens is 1. The van der Waals surface area contributed by atoms with Crippen molar-refractivity contribution in [3.63, 3.8) is 0 Å². The van der Waals surface area contributed by atoms with Crippen LogP contribution in [0.3, 0.4) is 0 Å². The summed E-state index contributed by atoms with van der Waals surface area (Å²) in [6.45, 7) is 5.48. The minimum atomic E-state index is 0. The molecular formula is C25H33IN6O. The minimum absolute atomic E-state index is 0. The van der Waals surface area contributed by atoms with Gasteiger partial charge in [-0.05, 0) is 36.6 Å². The predicted molar refractivity (Wildman–Crippen MR) is 145 cm³/mol. The van der Waals surface area contributed by atoms with Crippen molar-refractivity contribution < 1.29 is 4.74 Å². The third-order valence-electron chi connectivity index (χ3n) is 5.91. The molecule has 2 N–H and O–H groups in total. The van der Waals surface area contributed by atoms with E-state index in [0.29, 0.717) is 6.04 Å². The second kappa shape index (κ2) is 11.9. The number of hydrogen-bond acceptors (Lipinski definition) is 4. The summed E-state index contributed by atoms with van der Waals surface area (Å²) in [6, 6.07) is 17.2. The molecule has 7 nitrogen and oxygen atoms in total. The van der Waals surface area contributed by atoms with Gasteiger partial charge in [-0.3, -0.25) is 4.99 Å². The van der Waals surface area contributed by atoms with Crippen LogP contribution in [0, 0.1) is 6.92 Å². The van der Waals surface area contributed by atoms with E-state index in [1.807, 2.05) is 38.5 Å². The zero-order chi connectivity index (χ0) is 22.3. The molecule has 0 amide bonds. The van der Waals surface area contributed by atoms with Gasteiger partial charge < -0.3 is 24.8 Å². The first-order valence-corrected chi connectivity index (χ1v) is 11.1. The van der Waals surface area contributed by atoms with Crippen molar-refractivity contribution >= 4 is 35.6 Å². The van der Waals surface area contributed by atoms with Crippen LogP contribution in [0.25, 0.3) is 0 Å². The van der Waals surface area contributed by atoms with Crippen molar-refractivity contribution in [3.8, 4) is 5.75 Å². The lowest BCUT2D eigenvalue weighted by molar-refractivity contribution is 0.415. The lowest BCUT2D eigenvalue weighted by atomic mass is 10.1. The van der Waals surface area contributed by atoms with E-state index in [4.69, 9.17) is 4.74 Å². The number of aryl methyl sites for hydroxylation is 1. The molecule has 0 spiro atoms. The molecule has 1 atom stereocenters. The van der Waals surface area contributed by atoms with Crippen LogP contribution < -0.4 is 20.3 Å². The number of nitrogens with one attached hydrogen (secondary N) is 2. The van der Waals surface area contributed by atoms with Crippen molar-refractivity contribution in [3.05, 3.63) is 77.9 Å². The van der Waals surface area contributed by atoms with Crippen molar-refractivity contribution in [2.45, 2.75) is 32.5 Å². The third-order valence-corrected chi connectivity index (χ3v) is 5.91. The molecule has 1 saturated heterocycles. The summed E-state index contributed by atoms with van der Waals surface area (Å²) < 4.78 is 7.68. The molecule has 2 aromatic carbocycles. The summed E-state index contributed by atoms with van der Waals surface area (Å²) in [4.78, 5) is 11.1. The lowest BCUT2D eigenvalue weighted by Crippen LogP contribution is -2.44. The zero-order valence-corrected chi connectivity index (χ0v) is 21.8. The van der Waals surface area contributed by atoms with Crippen molar-refractivity contribution in [1.82, 2.24) is 20.2 Å². The van der Waals surface area contributed by atoms with E-state index in [1.165, 1.54) is 11.1 Å². The van der Waals surface area contributed by atoms with E-state index in [2.05, 4.69) is 66.5 Å². The summed E-state index contributed by atoms with van der Waals surface area (Å²) >= 11 is 0. The fourth-order valence-corrected chi connectivity index (χ4v) is 4.17. The molecule has 2 heterocycles. The lowest BCUT2D eigenvalue weighted by Gasteiger charge is -2.22. The third kappa shape index (κ3) is 6.40. The van der Waals surface area contributed by atoms with E-state index in [1.54, 1.807) is 7.11 Å². The number of hydrogen-bond donors (Lipinski definition) is 2. The second-order valence-electron chi connectivity index (χ2n) is 8.10. The maximum atomic E-state index is 5.53. The first kappa shape index (κ1) is 24.9. The average molecular weight is 560 g/mol. The number of methoxy groups -OCH3 is 1. The highest BCUT2D eigenvalue weighted by molar-refractivity contribution is 14.0. The summed E-state index contributed by atoms with van der Waals surface area (Å²) in [5.74, 6) is 2.77. The molecule has 0 aliphatic carbocycles. The molecule has 1 unspecified atom stereocenters. The number of para-hydroxylation sites is 2. The number of aliphatic imine (C=N–C) groups is 1. The first-order valence-electron chi connectivity index (χ1n) is 11.1. The highest BCUT2D eigenvalue weighted by Crippen LogP contribution is 2.30. The van der Waals surface area contributed by atoms with Gasteiger partial charge in [0.25, 0.3) is 0 Å². The number of rotatable bonds is 7. The van der Waals surface area contributed by atoms with Crippen molar-refractivity contribution in [1.29, 1.82) is 0 Å². The molecule has 1 aliphatic heterocycles. The fourth-order valence-electron chi connectivity index (χ4n) is 4.17. The van der Waals surface area contributed by atoms with Gasteiger partial charge in [0.15, 0.2) is 5.96 Å². The number of nitrogens with zero attached hydrogens (tertiary/aromatic N) is 4. The van der Waals surface area contributed by atoms with Crippen LogP contribution in [0.2, 0.25) is 0 Å². The Hall–Kier alpha value is -2.75. The average Bonchev–Trinajstić information content (AvgIpc) is 3.45. The summed E-state index contributed by atoms with van der Waals surface area (Å²) in [6.07, 6.45) is 4.91. The molecule has 1 fully saturated rings. The SMILES string of the molecule is CN=C(NCc1cccc(Cn2ccnc2C)c1)NC1CCN(c2ccccc2OC)C1.I. The standard InChI is InChI=1S/C25H32N6O.HI/c1-19-27-12-14-30(19)17-21-8-6-7-20(15-21)16-28-25(26-2)29-22-11-13-31(18-22)23-9-4-5-10-24(23)32-3;/h4-10,12,14-15,22H,11,13,16-18H2,1-3H3,(H2,26,28,29);1H. The minimum Gasteiger partial charge on any atom is -0.495 e. The Kier molecular flexibility index (Phi) is 8.99. The van der Waals surface area contributed by atoms with E-state index in [0.717, 1.165) is 55.8 Å². The summed E-state index contributed by atoms with van der Waals surface area (Å²) in [7, 11) is 3.54. The van der Waals surface area contributed by atoms with E-state index >= 15 is 0 Å². The molecule has 0 bridgehead atoms. The number of aromatic nitrogens is 2. The van der Waals surface area contributed by atoms with Crippen LogP contribution in [0.4, 0.5) is 5.69 Å². The van der Waals surface area contributed by atoms with Gasteiger partial charge in [0, 0.05) is 51.7 Å². The molecule has 8 heteroatoms. The molecule has 0 radical (unpaired) electrons. The van der Waals surface area contributed by atoms with Crippen LogP contribution in [-0.4, -0.2) is 48.8 Å². The molecule has 1 aliphatic rings. The molecule has 3 aromatic rings. The van der Waals surface area contributed by atoms with Crippen LogP contribution in [0.1, 0.15) is 23.4 Å². The van der Waals surface area contributed by atoms with Gasteiger partial charge >= 0.3 is 0 Å². The summed E-state index contributed by atoms with van der Waals surface area (Å²) in [5.41, 5.74) is 3.63. The van der Waals surface area contributed by atoms with Crippen LogP contribution in [-0.2, 0) is 13.1 Å². The molecule has 0 saturated carbocycles. The zero-order valence-electron chi connectivity index (χ0n) is 19.5. The van der Waals surface area contributed by atoms with Crippen LogP contribution >= 0.6 is 24.0 Å². The maximum Gasteiger partial charge on any atom is 0.191 e. The van der Waals surface area contributed by atoms with Gasteiger partial charge in [-0.2, -0.15) is 0 Å². The Morgan fingerprint density at radius 1 is 1.18 bits per heavy atom. The number of anilines is 1. The first-order chi connectivity index (χ1) is 15.7. The van der Waals surface area contributed by atoms with Crippen LogP contribution in [0.5, 0.6) is 5.75 Å². The molecule has 176 valence electrons. The molecule has 33 heavy (non-hydrogen) atoms. The number of ether oxygens (including phenoxy) is 1. The molecular weight excluding hydrogens is 527 g/mol. The number of benzene rings is 2. The van der Waals surface area contributed by atoms with Crippen molar-refractivity contribution in [2.24, 2.45) is 4.99 Å². The van der Waals surface area contributed by atoms with Crippen molar-refractivity contribution in [2.75, 3.05) is 32.1 Å². The summed E-state index contributed by atoms with van der Waals surface area (Å²) in [5, 5.41) is 7.04. The van der Waals surface area contributed by atoms with E-state index in [-0.39, 0.29) is 24.0 Å². The maximum absolute atomic E-state index is 5.53. The van der Waals surface area contributed by atoms with Gasteiger partial charge in [-0.25, -0.2) is 4.98 Å². The molecule has 1 aromatic heterocycles. The Bertz CT molecular complexity index is 1070. The highest BCUT2D eigenvalue weighted by atomic mass is 127. The van der Waals surface area contributed by atoms with Gasteiger partial charge in [-0.15, -0.1) is 24.0 Å². The van der Waals surface area contributed by atoms with Gasteiger partial charge in [0.1, 0.15) is 11.6 Å². The Morgan fingerprint density at radius 2 is 2.00 bits per heavy atom. The van der Waals surface area contributed by atoms with Crippen LogP contribution in [0.15, 0.2) is 65.9 Å². The van der Waals surface area contributed by atoms with Gasteiger partial charge in [0.05, 0.1) is 12.8 Å². The second-order valence-corrected chi connectivity index (χ2v) is 8.10. The molecule has 4 rings (SSSR count). The fraction of sp³-hybridized carbons (Fsp3) is 0.360. The predicted octanol–water partition coefficient (Wildman–Crippen LogP) is 3.81. The normalized spacial score (nSPS) is 15.8. The topological polar surface area (TPSA) is 66.7 Å². The van der Waals surface area contributed by atoms with E-state index in [9.17, 15) is 0 Å². The van der Waals surface area contributed by atoms with Gasteiger partial charge in [0.2, 0.25) is 0 Å². The Morgan fingerprint density at radius 3 is 2.76 bits per heavy atom. The number of imidazole rings is 1. The quantitative estimate of drug-likeness (QED) is 0.262. The number of guanidine groups is 1. The largest absolute Gasteiger partial charge is 0.495 e. The van der Waals surface area contributed by atoms with Gasteiger partial charge in [-0.1, -0.05) is 36.4 Å². The Labute approximate surface area is 213 Å². The smallest absolute Gasteiger partial charge is 0.191 e. The Balaban J connectivity index is 0.00000306. The monoisotopic (exact) mass is 560 g/mol. The van der Waals surface area contributed by atoms with E-state index < -0.39 is 0 Å².